The molecule has 0 saturated heterocycles. The van der Waals surface area contributed by atoms with Crippen LogP contribution in [-0.2, 0) is 17.9 Å². The van der Waals surface area contributed by atoms with Crippen LogP contribution >= 0.6 is 0 Å². The number of anilines is 1. The number of hydrogen-bond acceptors (Lipinski definition) is 7. The van der Waals surface area contributed by atoms with Crippen LogP contribution in [0.1, 0.15) is 5.56 Å². The van der Waals surface area contributed by atoms with E-state index in [4.69, 9.17) is 15.1 Å². The Morgan fingerprint density at radius 2 is 1.96 bits per heavy atom. The van der Waals surface area contributed by atoms with E-state index >= 15 is 0 Å². The van der Waals surface area contributed by atoms with Gasteiger partial charge in [-0.15, -0.1) is 0 Å². The highest BCUT2D eigenvalue weighted by Gasteiger charge is 2.20. The van der Waals surface area contributed by atoms with Gasteiger partial charge in [-0.1, -0.05) is 24.3 Å². The minimum absolute atomic E-state index is 0.0539. The summed E-state index contributed by atoms with van der Waals surface area (Å²) in [6.45, 7) is 0.455. The minimum atomic E-state index is -0.171. The number of nitrogen functional groups attached to an aromatic ring is 1. The van der Waals surface area contributed by atoms with Gasteiger partial charge in [0.2, 0.25) is 5.91 Å². The van der Waals surface area contributed by atoms with Gasteiger partial charge in [0.1, 0.15) is 12.3 Å². The monoisotopic (exact) mass is 378 g/mol. The Bertz CT molecular complexity index is 1120. The Kier molecular flexibility index (Phi) is 4.63. The number of nitrogens with two attached hydrogens (primary N) is 1. The van der Waals surface area contributed by atoms with Crippen molar-refractivity contribution in [3.63, 3.8) is 0 Å². The normalized spacial score (nSPS) is 10.9. The van der Waals surface area contributed by atoms with Gasteiger partial charge in [-0.05, 0) is 40.1 Å². The zero-order valence-electron chi connectivity index (χ0n) is 15.1. The molecule has 1 amide bonds. The Morgan fingerprint density at radius 3 is 2.68 bits per heavy atom. The number of carbonyl (C=O) groups is 1. The molecule has 0 atom stereocenters. The average molecular weight is 378 g/mol. The van der Waals surface area contributed by atoms with Gasteiger partial charge < -0.3 is 20.4 Å². The lowest BCUT2D eigenvalue weighted by molar-refractivity contribution is -0.121. The number of rotatable bonds is 6. The number of nitrogens with zero attached hydrogens (tertiary/aromatic N) is 4. The van der Waals surface area contributed by atoms with E-state index in [0.29, 0.717) is 18.1 Å². The number of para-hydroxylation sites is 2. The zero-order valence-corrected chi connectivity index (χ0v) is 15.1. The molecule has 0 spiro atoms. The number of amides is 1. The Morgan fingerprint density at radius 1 is 1.18 bits per heavy atom. The molecule has 0 radical (unpaired) electrons. The maximum absolute atomic E-state index is 12.6. The van der Waals surface area contributed by atoms with E-state index in [2.05, 4.69) is 20.6 Å². The summed E-state index contributed by atoms with van der Waals surface area (Å²) in [4.78, 5) is 17.1. The summed E-state index contributed by atoms with van der Waals surface area (Å²) in [6.07, 6.45) is 0. The number of hydrogen-bond donors (Lipinski definition) is 2. The molecule has 28 heavy (non-hydrogen) atoms. The fourth-order valence-electron chi connectivity index (χ4n) is 2.91. The van der Waals surface area contributed by atoms with Crippen molar-refractivity contribution in [1.29, 1.82) is 0 Å². The van der Waals surface area contributed by atoms with Crippen molar-refractivity contribution in [2.24, 2.45) is 0 Å². The minimum Gasteiger partial charge on any atom is -0.497 e. The highest BCUT2D eigenvalue weighted by Crippen LogP contribution is 2.26. The fraction of sp³-hybridized carbons (Fsp3) is 0.158. The number of benzene rings is 2. The maximum atomic E-state index is 12.6. The highest BCUT2D eigenvalue weighted by molar-refractivity contribution is 5.85. The molecule has 0 aliphatic heterocycles. The highest BCUT2D eigenvalue weighted by atomic mass is 16.6. The van der Waals surface area contributed by atoms with E-state index < -0.39 is 0 Å². The largest absolute Gasteiger partial charge is 0.497 e. The lowest BCUT2D eigenvalue weighted by atomic mass is 10.2. The molecule has 2 heterocycles. The summed E-state index contributed by atoms with van der Waals surface area (Å²) in [5.74, 6) is 1.15. The molecule has 0 aliphatic carbocycles. The van der Waals surface area contributed by atoms with Gasteiger partial charge >= 0.3 is 0 Å². The van der Waals surface area contributed by atoms with Crippen molar-refractivity contribution >= 4 is 22.8 Å². The lowest BCUT2D eigenvalue weighted by Crippen LogP contribution is -2.27. The van der Waals surface area contributed by atoms with Crippen LogP contribution < -0.4 is 15.8 Å². The molecule has 0 aliphatic rings. The molecule has 3 N–H and O–H groups in total. The van der Waals surface area contributed by atoms with Crippen molar-refractivity contribution in [1.82, 2.24) is 25.2 Å². The summed E-state index contributed by atoms with van der Waals surface area (Å²) in [7, 11) is 1.61. The first-order valence-electron chi connectivity index (χ1n) is 8.59. The molecule has 2 aromatic heterocycles. The quantitative estimate of drug-likeness (QED) is 0.526. The second-order valence-corrected chi connectivity index (χ2v) is 6.13. The van der Waals surface area contributed by atoms with Gasteiger partial charge in [-0.25, -0.2) is 9.61 Å². The van der Waals surface area contributed by atoms with E-state index in [-0.39, 0.29) is 18.3 Å². The molecular formula is C19H18N6O3. The molecule has 9 heteroatoms. The van der Waals surface area contributed by atoms with Crippen LogP contribution in [0.25, 0.3) is 22.6 Å². The third-order valence-electron chi connectivity index (χ3n) is 4.33. The number of ether oxygens (including phenoxy) is 1. The summed E-state index contributed by atoms with van der Waals surface area (Å²) in [6, 6.07) is 15.0. The molecular weight excluding hydrogens is 360 g/mol. The van der Waals surface area contributed by atoms with E-state index in [1.54, 1.807) is 11.7 Å². The molecule has 4 rings (SSSR count). The predicted molar refractivity (Wildman–Crippen MR) is 102 cm³/mol. The first kappa shape index (κ1) is 17.5. The van der Waals surface area contributed by atoms with E-state index in [1.165, 1.54) is 0 Å². The molecule has 0 fully saturated rings. The lowest BCUT2D eigenvalue weighted by Gasteiger charge is -2.09. The van der Waals surface area contributed by atoms with Crippen LogP contribution in [0.2, 0.25) is 0 Å². The van der Waals surface area contributed by atoms with E-state index in [0.717, 1.165) is 22.3 Å². The van der Waals surface area contributed by atoms with Gasteiger partial charge in [-0.2, -0.15) is 0 Å². The van der Waals surface area contributed by atoms with Gasteiger partial charge in [-0.3, -0.25) is 4.79 Å². The number of carbonyl (C=O) groups excluding carboxylic acids is 1. The fourth-order valence-corrected chi connectivity index (χ4v) is 2.91. The summed E-state index contributed by atoms with van der Waals surface area (Å²) >= 11 is 0. The molecule has 0 unspecified atom stereocenters. The predicted octanol–water partition coefficient (Wildman–Crippen LogP) is 1.99. The Labute approximate surface area is 160 Å². The first-order valence-corrected chi connectivity index (χ1v) is 8.59. The molecule has 2 aromatic carbocycles. The van der Waals surface area contributed by atoms with E-state index in [1.807, 2.05) is 48.5 Å². The molecule has 0 saturated carbocycles. The molecule has 142 valence electrons. The molecule has 0 bridgehead atoms. The average Bonchev–Trinajstić information content (AvgIpc) is 3.30. The van der Waals surface area contributed by atoms with Crippen molar-refractivity contribution in [2.75, 3.05) is 12.8 Å². The van der Waals surface area contributed by atoms with Crippen molar-refractivity contribution in [3.8, 4) is 17.3 Å². The van der Waals surface area contributed by atoms with Gasteiger partial charge in [0.05, 0.1) is 18.1 Å². The number of nitrogens with one attached hydrogen (secondary N) is 1. The van der Waals surface area contributed by atoms with Crippen LogP contribution in [0.4, 0.5) is 5.82 Å². The number of aromatic nitrogens is 4. The van der Waals surface area contributed by atoms with Crippen LogP contribution in [0.3, 0.4) is 0 Å². The van der Waals surface area contributed by atoms with E-state index in [9.17, 15) is 4.79 Å². The van der Waals surface area contributed by atoms with Crippen LogP contribution in [0, 0.1) is 0 Å². The van der Waals surface area contributed by atoms with Gasteiger partial charge in [0, 0.05) is 6.54 Å². The van der Waals surface area contributed by atoms with Gasteiger partial charge in [0.25, 0.3) is 0 Å². The first-order chi connectivity index (χ1) is 13.7. The third kappa shape index (κ3) is 3.37. The van der Waals surface area contributed by atoms with Gasteiger partial charge in [0.15, 0.2) is 17.3 Å². The number of methoxy groups -OCH3 is 1. The zero-order chi connectivity index (χ0) is 19.5. The second kappa shape index (κ2) is 7.39. The summed E-state index contributed by atoms with van der Waals surface area (Å²) in [5.41, 5.74) is 8.61. The van der Waals surface area contributed by atoms with Crippen molar-refractivity contribution in [3.05, 3.63) is 54.1 Å². The van der Waals surface area contributed by atoms with Crippen molar-refractivity contribution in [2.45, 2.75) is 13.1 Å². The molecule has 4 aromatic rings. The number of fused-ring (bicyclic) bond motifs is 1. The maximum Gasteiger partial charge on any atom is 0.240 e. The van der Waals surface area contributed by atoms with Crippen LogP contribution in [0.5, 0.6) is 5.75 Å². The topological polar surface area (TPSA) is 121 Å². The number of imidazole rings is 1. The molecule has 9 nitrogen and oxygen atoms in total. The second-order valence-electron chi connectivity index (χ2n) is 6.13. The summed E-state index contributed by atoms with van der Waals surface area (Å²) in [5, 5.41) is 10.3. The van der Waals surface area contributed by atoms with Crippen molar-refractivity contribution < 1.29 is 14.2 Å². The Hall–Kier alpha value is -3.88. The summed E-state index contributed by atoms with van der Waals surface area (Å²) < 4.78 is 11.6. The SMILES string of the molecule is COc1ccc(CNC(=O)Cn2c(-c3nonc3N)nc3ccccc32)cc1. The van der Waals surface area contributed by atoms with Crippen LogP contribution in [-0.4, -0.2) is 32.9 Å². The standard InChI is InChI=1S/C19H18N6O3/c1-27-13-8-6-12(7-9-13)10-21-16(26)11-25-15-5-3-2-4-14(15)22-19(25)17-18(20)24-28-23-17/h2-9H,10-11H2,1H3,(H2,20,24)(H,21,26). The smallest absolute Gasteiger partial charge is 0.240 e. The van der Waals surface area contributed by atoms with Crippen LogP contribution in [0.15, 0.2) is 53.2 Å². The Balaban J connectivity index is 1.56. The third-order valence-corrected chi connectivity index (χ3v) is 4.33.